The largest absolute Gasteiger partial charge is 0.466 e. The van der Waals surface area contributed by atoms with E-state index in [0.29, 0.717) is 23.5 Å². The number of carbonyl (C=O) groups excluding carboxylic acids is 1. The van der Waals surface area contributed by atoms with Gasteiger partial charge in [0, 0.05) is 44.0 Å². The van der Waals surface area contributed by atoms with Gasteiger partial charge < -0.3 is 9.64 Å². The van der Waals surface area contributed by atoms with Crippen LogP contribution in [0.1, 0.15) is 77.7 Å². The molecule has 46 heavy (non-hydrogen) atoms. The molecule has 0 aliphatic carbocycles. The van der Waals surface area contributed by atoms with E-state index < -0.39 is 34.9 Å². The average molecular weight is 652 g/mol. The zero-order chi connectivity index (χ0) is 32.7. The summed E-state index contributed by atoms with van der Waals surface area (Å²) in [5.74, 6) is -0.879. The van der Waals surface area contributed by atoms with Crippen LogP contribution < -0.4 is 4.90 Å². The van der Waals surface area contributed by atoms with E-state index >= 15 is 0 Å². The Bertz CT molecular complexity index is 1840. The summed E-state index contributed by atoms with van der Waals surface area (Å²) >= 11 is 0. The average Bonchev–Trinajstić information content (AvgIpc) is 3.67. The minimum Gasteiger partial charge on any atom is -0.466 e. The Morgan fingerprint density at radius 3 is 2.76 bits per heavy atom. The summed E-state index contributed by atoms with van der Waals surface area (Å²) in [5.41, 5.74) is 4.36. The van der Waals surface area contributed by atoms with E-state index in [1.807, 2.05) is 25.1 Å². The van der Waals surface area contributed by atoms with Crippen LogP contribution in [0.2, 0.25) is 0 Å². The van der Waals surface area contributed by atoms with Crippen LogP contribution in [-0.2, 0) is 16.1 Å². The molecule has 0 radical (unpaired) electrons. The summed E-state index contributed by atoms with van der Waals surface area (Å²) < 4.78 is 58.9. The molecule has 14 heteroatoms. The van der Waals surface area contributed by atoms with Crippen molar-refractivity contribution in [3.05, 3.63) is 81.9 Å². The Hall–Kier alpha value is -4.16. The van der Waals surface area contributed by atoms with E-state index in [2.05, 4.69) is 26.2 Å². The zero-order valence-electron chi connectivity index (χ0n) is 25.7. The lowest BCUT2D eigenvalue weighted by Crippen LogP contribution is -2.38. The number of nitriles is 1. The third-order valence-electron chi connectivity index (χ3n) is 8.94. The summed E-state index contributed by atoms with van der Waals surface area (Å²) in [5, 5.41) is 17.2. The molecule has 1 fully saturated rings. The summed E-state index contributed by atoms with van der Waals surface area (Å²) in [6, 6.07) is 11.1. The number of halogens is 2. The van der Waals surface area contributed by atoms with Gasteiger partial charge in [-0.2, -0.15) is 9.57 Å². The molecule has 3 aromatic heterocycles. The fourth-order valence-electron chi connectivity index (χ4n) is 6.56. The number of esters is 1. The van der Waals surface area contributed by atoms with Crippen molar-refractivity contribution in [2.45, 2.75) is 69.9 Å². The first kappa shape index (κ1) is 31.8. The van der Waals surface area contributed by atoms with E-state index in [0.717, 1.165) is 36.1 Å². The van der Waals surface area contributed by atoms with Crippen LogP contribution in [0.25, 0.3) is 5.65 Å². The maximum Gasteiger partial charge on any atom is 0.306 e. The van der Waals surface area contributed by atoms with E-state index in [9.17, 15) is 27.9 Å². The van der Waals surface area contributed by atoms with Crippen molar-refractivity contribution in [2.24, 2.45) is 0 Å². The summed E-state index contributed by atoms with van der Waals surface area (Å²) in [7, 11) is -3.53. The van der Waals surface area contributed by atoms with E-state index in [1.165, 1.54) is 22.9 Å². The van der Waals surface area contributed by atoms with Gasteiger partial charge in [0.05, 0.1) is 18.6 Å². The number of alkyl halides is 2. The molecule has 1 aromatic carbocycles. The van der Waals surface area contributed by atoms with Gasteiger partial charge in [-0.05, 0) is 73.6 Å². The number of carbonyl (C=O) groups is 1. The highest BCUT2D eigenvalue weighted by molar-refractivity contribution is 8.22. The van der Waals surface area contributed by atoms with Crippen molar-refractivity contribution in [3.63, 3.8) is 0 Å². The predicted octanol–water partition coefficient (Wildman–Crippen LogP) is 6.14. The van der Waals surface area contributed by atoms with Crippen molar-refractivity contribution in [3.8, 4) is 6.07 Å². The van der Waals surface area contributed by atoms with Crippen LogP contribution in [0, 0.1) is 25.2 Å². The Morgan fingerprint density at radius 2 is 2.02 bits per heavy atom. The summed E-state index contributed by atoms with van der Waals surface area (Å²) in [6.45, 7) is 6.95. The number of nitrogens with zero attached hydrogens (tertiary/aromatic N) is 7. The number of benzene rings is 1. The van der Waals surface area contributed by atoms with Crippen LogP contribution in [0.4, 0.5) is 14.6 Å². The standard InChI is InChI=1S/C32H35F2N7O4S/c1-4-45-28(42)14-26(25-9-11-41-30(20(25)3)37-38-32(41)29(33)34)22-8-7-19(2)23(13-22)17-39-18-24-6-5-10-40(24)31-27(46(39,43)44)12-21(15-35)16-36-31/h7-9,11-13,16,24,26,29,43-44H,4-6,10,14,17-18H2,1-3H3/t24-,26?/m0/s1. The first-order chi connectivity index (χ1) is 22.0. The second kappa shape index (κ2) is 12.6. The molecule has 242 valence electrons. The van der Waals surface area contributed by atoms with Gasteiger partial charge in [-0.3, -0.25) is 18.3 Å². The van der Waals surface area contributed by atoms with E-state index in [1.54, 1.807) is 24.2 Å². The second-order valence-corrected chi connectivity index (χ2v) is 13.7. The monoisotopic (exact) mass is 651 g/mol. The molecule has 6 rings (SSSR count). The minimum atomic E-state index is -3.53. The summed E-state index contributed by atoms with van der Waals surface area (Å²) in [6.07, 6.45) is 1.96. The van der Waals surface area contributed by atoms with Crippen LogP contribution in [-0.4, -0.2) is 64.7 Å². The molecule has 0 saturated carbocycles. The van der Waals surface area contributed by atoms with E-state index in [-0.39, 0.29) is 41.7 Å². The lowest BCUT2D eigenvalue weighted by molar-refractivity contribution is -0.143. The molecular formula is C32H35F2N7O4S. The lowest BCUT2D eigenvalue weighted by Gasteiger charge is -2.42. The Labute approximate surface area is 266 Å². The van der Waals surface area contributed by atoms with Crippen molar-refractivity contribution in [1.29, 1.82) is 5.26 Å². The molecule has 1 unspecified atom stereocenters. The highest BCUT2D eigenvalue weighted by atomic mass is 32.3. The van der Waals surface area contributed by atoms with Crippen molar-refractivity contribution in [1.82, 2.24) is 23.9 Å². The molecule has 0 bridgehead atoms. The van der Waals surface area contributed by atoms with Gasteiger partial charge in [-0.1, -0.05) is 18.2 Å². The highest BCUT2D eigenvalue weighted by Crippen LogP contribution is 2.58. The van der Waals surface area contributed by atoms with Gasteiger partial charge in [0.15, 0.2) is 11.5 Å². The van der Waals surface area contributed by atoms with Gasteiger partial charge in [0.1, 0.15) is 11.0 Å². The number of aryl methyl sites for hydroxylation is 2. The first-order valence-corrected chi connectivity index (χ1v) is 16.6. The van der Waals surface area contributed by atoms with Crippen molar-refractivity contribution >= 4 is 28.2 Å². The molecule has 2 aliphatic rings. The topological polar surface area (TPSA) is 140 Å². The molecule has 2 aliphatic heterocycles. The normalized spacial score (nSPS) is 18.9. The summed E-state index contributed by atoms with van der Waals surface area (Å²) in [4.78, 5) is 19.7. The number of anilines is 1. The third kappa shape index (κ3) is 5.68. The Kier molecular flexibility index (Phi) is 8.68. The van der Waals surface area contributed by atoms with Crippen LogP contribution in [0.3, 0.4) is 0 Å². The van der Waals surface area contributed by atoms with Crippen LogP contribution >= 0.6 is 10.8 Å². The number of aromatic nitrogens is 4. The molecule has 2 N–H and O–H groups in total. The van der Waals surface area contributed by atoms with Gasteiger partial charge in [0.2, 0.25) is 5.82 Å². The molecule has 0 spiro atoms. The highest BCUT2D eigenvalue weighted by Gasteiger charge is 2.41. The van der Waals surface area contributed by atoms with Gasteiger partial charge in [-0.15, -0.1) is 21.0 Å². The molecular weight excluding hydrogens is 616 g/mol. The number of pyridine rings is 2. The number of fused-ring (bicyclic) bond motifs is 4. The van der Waals surface area contributed by atoms with Crippen LogP contribution in [0.5, 0.6) is 0 Å². The molecule has 2 atom stereocenters. The van der Waals surface area contributed by atoms with Gasteiger partial charge in [-0.25, -0.2) is 13.8 Å². The fourth-order valence-corrected chi connectivity index (χ4v) is 8.23. The SMILES string of the molecule is CCOC(=O)CC(c1ccc(C)c(CN2C[C@@H]3CCCN3c3ncc(C#N)cc3S2(O)O)c1)c1ccn2c(C(F)F)nnc2c1C. The number of hydrogen-bond donors (Lipinski definition) is 2. The maximum atomic E-state index is 13.5. The van der Waals surface area contributed by atoms with Gasteiger partial charge >= 0.3 is 5.97 Å². The minimum absolute atomic E-state index is 0.00485. The molecule has 11 nitrogen and oxygen atoms in total. The number of ether oxygens (including phenoxy) is 1. The molecule has 5 heterocycles. The fraction of sp³-hybridized carbons (Fsp3) is 0.406. The maximum absolute atomic E-state index is 13.5. The smallest absolute Gasteiger partial charge is 0.306 e. The Morgan fingerprint density at radius 1 is 1.22 bits per heavy atom. The quantitative estimate of drug-likeness (QED) is 0.213. The zero-order valence-corrected chi connectivity index (χ0v) is 26.5. The third-order valence-corrected chi connectivity index (χ3v) is 10.8. The first-order valence-electron chi connectivity index (χ1n) is 15.1. The Balaban J connectivity index is 1.41. The van der Waals surface area contributed by atoms with Crippen molar-refractivity contribution in [2.75, 3.05) is 24.6 Å². The lowest BCUT2D eigenvalue weighted by atomic mass is 9.85. The number of rotatable bonds is 8. The number of hydrogen-bond acceptors (Lipinski definition) is 10. The predicted molar refractivity (Wildman–Crippen MR) is 168 cm³/mol. The van der Waals surface area contributed by atoms with Crippen LogP contribution in [0.15, 0.2) is 47.6 Å². The second-order valence-electron chi connectivity index (χ2n) is 11.7. The molecule has 4 aromatic rings. The van der Waals surface area contributed by atoms with E-state index in [4.69, 9.17) is 4.74 Å². The van der Waals surface area contributed by atoms with Gasteiger partial charge in [0.25, 0.3) is 6.43 Å². The van der Waals surface area contributed by atoms with Crippen molar-refractivity contribution < 1.29 is 27.4 Å². The molecule has 1 saturated heterocycles. The molecule has 0 amide bonds.